The van der Waals surface area contributed by atoms with E-state index >= 15 is 0 Å². The average Bonchev–Trinajstić information content (AvgIpc) is 3.00. The van der Waals surface area contributed by atoms with Crippen molar-refractivity contribution in [3.63, 3.8) is 0 Å². The summed E-state index contributed by atoms with van der Waals surface area (Å²) in [5, 5.41) is 21.2. The molecule has 2 heterocycles. The van der Waals surface area contributed by atoms with E-state index in [0.717, 1.165) is 36.9 Å². The van der Waals surface area contributed by atoms with E-state index in [2.05, 4.69) is 17.1 Å². The molecule has 1 aromatic rings. The minimum Gasteiger partial charge on any atom is -0.531 e. The van der Waals surface area contributed by atoms with Crippen LogP contribution in [0.2, 0.25) is 0 Å². The second-order valence-corrected chi connectivity index (χ2v) is 8.81. The molecule has 25 heavy (non-hydrogen) atoms. The van der Waals surface area contributed by atoms with Crippen molar-refractivity contribution in [2.75, 3.05) is 0 Å². The van der Waals surface area contributed by atoms with Gasteiger partial charge in [-0.05, 0) is 67.3 Å². The summed E-state index contributed by atoms with van der Waals surface area (Å²) in [5.74, 6) is 4.79. The lowest BCUT2D eigenvalue weighted by Gasteiger charge is -2.59. The van der Waals surface area contributed by atoms with Crippen LogP contribution in [0.1, 0.15) is 48.9 Å². The molecule has 128 valence electrons. The monoisotopic (exact) mass is 335 g/mol. The van der Waals surface area contributed by atoms with E-state index in [1.807, 2.05) is 5.98 Å². The molecule has 2 N–H and O–H groups in total. The molecule has 0 amide bonds. The largest absolute Gasteiger partial charge is 0.552 e. The second kappa shape index (κ2) is 4.77. The molecule has 4 nitrogen and oxygen atoms in total. The lowest BCUT2D eigenvalue weighted by Crippen LogP contribution is -2.55. The predicted molar refractivity (Wildman–Crippen MR) is 95.5 cm³/mol. The molecule has 4 fully saturated rings. The summed E-state index contributed by atoms with van der Waals surface area (Å²) in [6.07, 6.45) is 12.2. The number of pyridine rings is 1. The van der Waals surface area contributed by atoms with E-state index < -0.39 is 12.7 Å². The molecule has 0 aromatic carbocycles. The van der Waals surface area contributed by atoms with Crippen LogP contribution in [0.3, 0.4) is 0 Å². The molecule has 4 bridgehead atoms. The molecule has 0 saturated heterocycles. The van der Waals surface area contributed by atoms with Crippen LogP contribution < -0.4 is 4.65 Å². The van der Waals surface area contributed by atoms with Gasteiger partial charge in [0, 0.05) is 17.5 Å². The molecule has 1 aliphatic heterocycles. The van der Waals surface area contributed by atoms with Crippen LogP contribution in [-0.2, 0) is 6.42 Å². The molecule has 5 aliphatic carbocycles. The van der Waals surface area contributed by atoms with Crippen molar-refractivity contribution >= 4 is 18.8 Å². The van der Waals surface area contributed by atoms with Crippen LogP contribution in [0.15, 0.2) is 18.2 Å². The van der Waals surface area contributed by atoms with Gasteiger partial charge >= 0.3 is 7.12 Å². The van der Waals surface area contributed by atoms with Gasteiger partial charge < -0.3 is 14.8 Å². The molecule has 1 aromatic heterocycles. The lowest BCUT2D eigenvalue weighted by atomic mass is 9.48. The minimum atomic E-state index is -0.895. The number of hydrogen-bond donors (Lipinski definition) is 2. The van der Waals surface area contributed by atoms with Gasteiger partial charge in [-0.2, -0.15) is 0 Å². The quantitative estimate of drug-likeness (QED) is 0.775. The van der Waals surface area contributed by atoms with Gasteiger partial charge in [0.05, 0.1) is 17.5 Å². The van der Waals surface area contributed by atoms with Crippen molar-refractivity contribution in [2.24, 2.45) is 23.7 Å². The highest BCUT2D eigenvalue weighted by molar-refractivity contribution is 6.52. The van der Waals surface area contributed by atoms with Crippen molar-refractivity contribution in [2.45, 2.75) is 44.1 Å². The number of hydrogen-bond acceptors (Lipinski definition) is 4. The van der Waals surface area contributed by atoms with Crippen LogP contribution in [-0.4, -0.2) is 27.8 Å². The van der Waals surface area contributed by atoms with Gasteiger partial charge in [-0.25, -0.2) is 0 Å². The third-order valence-corrected chi connectivity index (χ3v) is 7.22. The Kier molecular flexibility index (Phi) is 2.78. The van der Waals surface area contributed by atoms with E-state index in [-0.39, 0.29) is 0 Å². The first-order valence-corrected chi connectivity index (χ1v) is 9.57. The van der Waals surface area contributed by atoms with Crippen LogP contribution in [0.5, 0.6) is 5.75 Å². The van der Waals surface area contributed by atoms with E-state index in [9.17, 15) is 10.1 Å². The average molecular weight is 335 g/mol. The SMILES string of the molecule is OB1C=C(C2[C@@H]3CC4C[C@H]2CC(O)(C4)C3)c2c(cnc3c2C=CC3)O1. The maximum atomic E-state index is 10.9. The Morgan fingerprint density at radius 1 is 1.20 bits per heavy atom. The maximum Gasteiger partial charge on any atom is 0.552 e. The Morgan fingerprint density at radius 2 is 2.00 bits per heavy atom. The predicted octanol–water partition coefficient (Wildman–Crippen LogP) is 2.63. The van der Waals surface area contributed by atoms with Crippen LogP contribution in [0.4, 0.5) is 0 Å². The van der Waals surface area contributed by atoms with E-state index in [1.54, 1.807) is 6.20 Å². The normalized spacial score (nSPS) is 39.9. The first-order valence-electron chi connectivity index (χ1n) is 9.57. The van der Waals surface area contributed by atoms with E-state index in [1.165, 1.54) is 24.0 Å². The summed E-state index contributed by atoms with van der Waals surface area (Å²) >= 11 is 0. The van der Waals surface area contributed by atoms with Crippen LogP contribution in [0, 0.1) is 23.7 Å². The Hall–Kier alpha value is -1.59. The minimum absolute atomic E-state index is 0.426. The highest BCUT2D eigenvalue weighted by Crippen LogP contribution is 2.62. The van der Waals surface area contributed by atoms with Gasteiger partial charge in [-0.1, -0.05) is 12.2 Å². The molecule has 6 aliphatic rings. The zero-order valence-electron chi connectivity index (χ0n) is 14.2. The molecular formula is C20H22BNO3. The van der Waals surface area contributed by atoms with Gasteiger partial charge in [0.25, 0.3) is 0 Å². The third-order valence-electron chi connectivity index (χ3n) is 7.22. The highest BCUT2D eigenvalue weighted by atomic mass is 16.5. The zero-order valence-corrected chi connectivity index (χ0v) is 14.2. The summed E-state index contributed by atoms with van der Waals surface area (Å²) in [6, 6.07) is 0. The summed E-state index contributed by atoms with van der Waals surface area (Å²) in [6.45, 7) is 0. The Bertz CT molecular complexity index is 816. The first kappa shape index (κ1) is 14.6. The third kappa shape index (κ3) is 2.00. The molecule has 0 radical (unpaired) electrons. The molecule has 5 heteroatoms. The molecule has 0 spiro atoms. The number of aliphatic hydroxyl groups is 1. The van der Waals surface area contributed by atoms with Crippen molar-refractivity contribution in [1.82, 2.24) is 4.98 Å². The van der Waals surface area contributed by atoms with Crippen molar-refractivity contribution in [3.05, 3.63) is 35.1 Å². The van der Waals surface area contributed by atoms with Gasteiger partial charge in [-0.15, -0.1) is 0 Å². The number of aromatic nitrogens is 1. The number of rotatable bonds is 1. The first-order chi connectivity index (χ1) is 12.1. The second-order valence-electron chi connectivity index (χ2n) is 8.81. The van der Waals surface area contributed by atoms with E-state index in [4.69, 9.17) is 4.65 Å². The summed E-state index contributed by atoms with van der Waals surface area (Å²) in [7, 11) is -0.895. The fourth-order valence-electron chi connectivity index (χ4n) is 6.73. The van der Waals surface area contributed by atoms with Crippen LogP contribution >= 0.6 is 0 Å². The summed E-state index contributed by atoms with van der Waals surface area (Å²) < 4.78 is 5.68. The lowest BCUT2D eigenvalue weighted by molar-refractivity contribution is -0.139. The molecular weight excluding hydrogens is 313 g/mol. The number of allylic oxidation sites excluding steroid dienone is 2. The highest BCUT2D eigenvalue weighted by Gasteiger charge is 2.56. The van der Waals surface area contributed by atoms with Crippen molar-refractivity contribution in [3.8, 4) is 5.75 Å². The molecule has 3 unspecified atom stereocenters. The van der Waals surface area contributed by atoms with Crippen molar-refractivity contribution < 1.29 is 14.8 Å². The topological polar surface area (TPSA) is 62.6 Å². The number of nitrogens with zero attached hydrogens (tertiary/aromatic N) is 1. The summed E-state index contributed by atoms with van der Waals surface area (Å²) in [4.78, 5) is 4.52. The Morgan fingerprint density at radius 3 is 2.76 bits per heavy atom. The Balaban J connectivity index is 1.49. The molecule has 4 saturated carbocycles. The van der Waals surface area contributed by atoms with Gasteiger partial charge in [-0.3, -0.25) is 4.98 Å². The maximum absolute atomic E-state index is 10.9. The number of fused-ring (bicyclic) bond motifs is 3. The molecule has 7 rings (SSSR count). The van der Waals surface area contributed by atoms with Crippen LogP contribution in [0.25, 0.3) is 11.6 Å². The fourth-order valence-corrected chi connectivity index (χ4v) is 6.73. The summed E-state index contributed by atoms with van der Waals surface area (Å²) in [5.41, 5.74) is 4.24. The smallest absolute Gasteiger partial charge is 0.531 e. The fraction of sp³-hybridized carbons (Fsp3) is 0.550. The zero-order chi connectivity index (χ0) is 16.8. The van der Waals surface area contributed by atoms with Gasteiger partial charge in [0.2, 0.25) is 0 Å². The van der Waals surface area contributed by atoms with Crippen molar-refractivity contribution in [1.29, 1.82) is 0 Å². The van der Waals surface area contributed by atoms with Gasteiger partial charge in [0.15, 0.2) is 0 Å². The standard InChI is InChI=1S/C20H22BNO3/c23-20-6-11-4-12(7-20)18(13(5-11)8-20)15-9-21(24)25-17-10-22-16-3-1-2-14(16)19(15)17/h1-2,9-13,18,23-24H,3-8H2/t11?,12-,13+,18?,20?. The Labute approximate surface area is 147 Å². The van der Waals surface area contributed by atoms with E-state index in [0.29, 0.717) is 29.4 Å². The molecule has 5 atom stereocenters. The van der Waals surface area contributed by atoms with Gasteiger partial charge in [0.1, 0.15) is 5.75 Å².